The Morgan fingerprint density at radius 1 is 1.15 bits per heavy atom. The normalized spacial score (nSPS) is 16.6. The minimum Gasteiger partial charge on any atom is -0.508 e. The number of hydrogen-bond acceptors (Lipinski definition) is 4. The van der Waals surface area contributed by atoms with Crippen LogP contribution in [0.15, 0.2) is 24.3 Å². The summed E-state index contributed by atoms with van der Waals surface area (Å²) in [7, 11) is 0. The van der Waals surface area contributed by atoms with Crippen LogP contribution in [0.5, 0.6) is 5.75 Å². The summed E-state index contributed by atoms with van der Waals surface area (Å²) in [6.45, 7) is 5.84. The van der Waals surface area contributed by atoms with E-state index in [0.29, 0.717) is 12.1 Å². The summed E-state index contributed by atoms with van der Waals surface area (Å²) >= 11 is 0. The summed E-state index contributed by atoms with van der Waals surface area (Å²) in [6, 6.07) is 6.80. The van der Waals surface area contributed by atoms with Crippen LogP contribution < -0.4 is 10.6 Å². The maximum atomic E-state index is 12.3. The molecule has 6 heteroatoms. The third kappa shape index (κ3) is 6.24. The highest BCUT2D eigenvalue weighted by Crippen LogP contribution is 2.28. The first-order valence-electron chi connectivity index (χ1n) is 9.24. The van der Waals surface area contributed by atoms with Gasteiger partial charge in [-0.25, -0.2) is 4.79 Å². The van der Waals surface area contributed by atoms with Crippen LogP contribution in [0.1, 0.15) is 58.4 Å². The molecule has 0 aromatic heterocycles. The van der Waals surface area contributed by atoms with Gasteiger partial charge in [-0.3, -0.25) is 4.79 Å². The molecule has 144 valence electrons. The predicted octanol–water partition coefficient (Wildman–Crippen LogP) is 3.28. The van der Waals surface area contributed by atoms with E-state index in [1.165, 1.54) is 0 Å². The molecule has 26 heavy (non-hydrogen) atoms. The Morgan fingerprint density at radius 3 is 2.42 bits per heavy atom. The molecule has 2 rings (SSSR count). The smallest absolute Gasteiger partial charge is 0.408 e. The molecule has 0 bridgehead atoms. The molecule has 0 atom stereocenters. The van der Waals surface area contributed by atoms with Gasteiger partial charge >= 0.3 is 6.09 Å². The number of phenolic OH excluding ortho intramolecular Hbond substituents is 1. The first-order chi connectivity index (χ1) is 12.2. The third-order valence-electron chi connectivity index (χ3n) is 4.54. The second-order valence-electron chi connectivity index (χ2n) is 8.05. The Morgan fingerprint density at radius 2 is 1.81 bits per heavy atom. The van der Waals surface area contributed by atoms with E-state index in [-0.39, 0.29) is 18.1 Å². The molecule has 6 nitrogen and oxygen atoms in total. The molecule has 2 amide bonds. The molecule has 1 saturated carbocycles. The van der Waals surface area contributed by atoms with Crippen molar-refractivity contribution >= 4 is 12.0 Å². The number of hydrogen-bond donors (Lipinski definition) is 3. The van der Waals surface area contributed by atoms with Crippen LogP contribution in [0.4, 0.5) is 4.79 Å². The number of para-hydroxylation sites is 1. The minimum atomic E-state index is -0.561. The number of nitrogens with one attached hydrogen (secondary N) is 2. The highest BCUT2D eigenvalue weighted by molar-refractivity contribution is 5.79. The van der Waals surface area contributed by atoms with Gasteiger partial charge < -0.3 is 20.5 Å². The zero-order valence-corrected chi connectivity index (χ0v) is 15.9. The van der Waals surface area contributed by atoms with Gasteiger partial charge in [-0.2, -0.15) is 0 Å². The van der Waals surface area contributed by atoms with E-state index >= 15 is 0 Å². The van der Waals surface area contributed by atoms with Crippen LogP contribution in [0.3, 0.4) is 0 Å². The van der Waals surface area contributed by atoms with E-state index in [9.17, 15) is 14.7 Å². The number of rotatable bonds is 5. The van der Waals surface area contributed by atoms with Gasteiger partial charge in [0.2, 0.25) is 5.91 Å². The zero-order valence-electron chi connectivity index (χ0n) is 15.9. The third-order valence-corrected chi connectivity index (χ3v) is 4.54. The minimum absolute atomic E-state index is 0.106. The topological polar surface area (TPSA) is 87.7 Å². The summed E-state index contributed by atoms with van der Waals surface area (Å²) in [5, 5.41) is 15.7. The first-order valence-corrected chi connectivity index (χ1v) is 9.24. The fourth-order valence-corrected chi connectivity index (χ4v) is 3.26. The van der Waals surface area contributed by atoms with Gasteiger partial charge in [0.1, 0.15) is 11.4 Å². The molecule has 0 spiro atoms. The highest BCUT2D eigenvalue weighted by Gasteiger charge is 2.35. The van der Waals surface area contributed by atoms with Crippen LogP contribution in [0.25, 0.3) is 0 Å². The van der Waals surface area contributed by atoms with Gasteiger partial charge in [-0.05, 0) is 39.7 Å². The average Bonchev–Trinajstić information content (AvgIpc) is 2.54. The van der Waals surface area contributed by atoms with E-state index in [1.54, 1.807) is 24.3 Å². The van der Waals surface area contributed by atoms with E-state index in [1.807, 2.05) is 20.8 Å². The first kappa shape index (κ1) is 20.1. The molecule has 1 aromatic carbocycles. The van der Waals surface area contributed by atoms with E-state index in [4.69, 9.17) is 4.74 Å². The van der Waals surface area contributed by atoms with Crippen molar-refractivity contribution in [1.29, 1.82) is 0 Å². The van der Waals surface area contributed by atoms with Crippen molar-refractivity contribution in [1.82, 2.24) is 10.6 Å². The molecule has 1 aliphatic rings. The predicted molar refractivity (Wildman–Crippen MR) is 100 cm³/mol. The number of amides is 2. The fourth-order valence-electron chi connectivity index (χ4n) is 3.26. The quantitative estimate of drug-likeness (QED) is 0.750. The van der Waals surface area contributed by atoms with Crippen molar-refractivity contribution in [2.45, 2.75) is 70.4 Å². The van der Waals surface area contributed by atoms with Gasteiger partial charge in [0.15, 0.2) is 0 Å². The lowest BCUT2D eigenvalue weighted by molar-refractivity contribution is -0.120. The van der Waals surface area contributed by atoms with Crippen LogP contribution in [-0.4, -0.2) is 34.8 Å². The van der Waals surface area contributed by atoms with Gasteiger partial charge in [0, 0.05) is 12.1 Å². The number of benzene rings is 1. The molecule has 0 aliphatic heterocycles. The number of phenols is 1. The van der Waals surface area contributed by atoms with Crippen molar-refractivity contribution in [3.63, 3.8) is 0 Å². The second kappa shape index (κ2) is 8.43. The van der Waals surface area contributed by atoms with Gasteiger partial charge in [-0.1, -0.05) is 37.5 Å². The van der Waals surface area contributed by atoms with Crippen molar-refractivity contribution in [3.8, 4) is 5.75 Å². The highest BCUT2D eigenvalue weighted by atomic mass is 16.6. The van der Waals surface area contributed by atoms with Crippen molar-refractivity contribution in [3.05, 3.63) is 29.8 Å². The Labute approximate surface area is 155 Å². The largest absolute Gasteiger partial charge is 0.508 e. The number of carbonyl (C=O) groups is 2. The number of ether oxygens (including phenoxy) is 1. The van der Waals surface area contributed by atoms with E-state index in [0.717, 1.165) is 32.1 Å². The molecule has 0 unspecified atom stereocenters. The van der Waals surface area contributed by atoms with Crippen LogP contribution in [0, 0.1) is 0 Å². The Kier molecular flexibility index (Phi) is 6.51. The Bertz CT molecular complexity index is 631. The van der Waals surface area contributed by atoms with E-state index in [2.05, 4.69) is 10.6 Å². The maximum Gasteiger partial charge on any atom is 0.408 e. The summed E-state index contributed by atoms with van der Waals surface area (Å²) in [6.07, 6.45) is 4.41. The Hall–Kier alpha value is -2.24. The van der Waals surface area contributed by atoms with Crippen LogP contribution in [0.2, 0.25) is 0 Å². The Balaban J connectivity index is 1.95. The molecule has 1 aromatic rings. The molecule has 0 heterocycles. The lowest BCUT2D eigenvalue weighted by Gasteiger charge is -2.38. The standard InChI is InChI=1S/C20H30N2O4/c1-19(2,3)26-18(25)22-20(11-7-4-8-12-20)14-21-17(24)13-15-9-5-6-10-16(15)23/h5-6,9-10,23H,4,7-8,11-14H2,1-3H3,(H,21,24)(H,22,25). The molecule has 1 fully saturated rings. The van der Waals surface area contributed by atoms with Gasteiger partial charge in [-0.15, -0.1) is 0 Å². The number of carbonyl (C=O) groups excluding carboxylic acids is 2. The second-order valence-corrected chi connectivity index (χ2v) is 8.05. The van der Waals surface area contributed by atoms with Crippen molar-refractivity contribution in [2.75, 3.05) is 6.54 Å². The summed E-state index contributed by atoms with van der Waals surface area (Å²) < 4.78 is 5.39. The maximum absolute atomic E-state index is 12.3. The molecule has 3 N–H and O–H groups in total. The summed E-state index contributed by atoms with van der Waals surface area (Å²) in [4.78, 5) is 24.5. The molecule has 0 saturated heterocycles. The summed E-state index contributed by atoms with van der Waals surface area (Å²) in [5.74, 6) is -0.0654. The number of aromatic hydroxyl groups is 1. The number of alkyl carbamates (subject to hydrolysis) is 1. The van der Waals surface area contributed by atoms with Crippen molar-refractivity contribution < 1.29 is 19.4 Å². The van der Waals surface area contributed by atoms with Gasteiger partial charge in [0.05, 0.1) is 12.0 Å². The van der Waals surface area contributed by atoms with Gasteiger partial charge in [0.25, 0.3) is 0 Å². The molecular weight excluding hydrogens is 332 g/mol. The average molecular weight is 362 g/mol. The fraction of sp³-hybridized carbons (Fsp3) is 0.600. The molecule has 0 radical (unpaired) electrons. The SMILES string of the molecule is CC(C)(C)OC(=O)NC1(CNC(=O)Cc2ccccc2O)CCCCC1. The van der Waals surface area contributed by atoms with Crippen LogP contribution in [-0.2, 0) is 16.0 Å². The van der Waals surface area contributed by atoms with Crippen LogP contribution >= 0.6 is 0 Å². The monoisotopic (exact) mass is 362 g/mol. The zero-order chi connectivity index (χ0) is 19.2. The van der Waals surface area contributed by atoms with Crippen molar-refractivity contribution in [2.24, 2.45) is 0 Å². The summed E-state index contributed by atoms with van der Waals surface area (Å²) in [5.41, 5.74) is -0.453. The lowest BCUT2D eigenvalue weighted by Crippen LogP contribution is -2.57. The molecular formula is C20H30N2O4. The lowest BCUT2D eigenvalue weighted by atomic mass is 9.81. The van der Waals surface area contributed by atoms with E-state index < -0.39 is 17.2 Å². The molecule has 1 aliphatic carbocycles.